The third-order valence-electron chi connectivity index (χ3n) is 5.60. The first-order chi connectivity index (χ1) is 15.7. The molecule has 0 atom stereocenters. The topological polar surface area (TPSA) is 70.4 Å². The molecule has 0 saturated carbocycles. The van der Waals surface area contributed by atoms with Crippen LogP contribution in [0.25, 0.3) is 22.6 Å². The molecule has 0 spiro atoms. The molecule has 0 bridgehead atoms. The Morgan fingerprint density at radius 1 is 1.06 bits per heavy atom. The van der Waals surface area contributed by atoms with Crippen molar-refractivity contribution in [2.45, 2.75) is 6.54 Å². The molecule has 2 N–H and O–H groups in total. The zero-order valence-corrected chi connectivity index (χ0v) is 20.3. The van der Waals surface area contributed by atoms with E-state index < -0.39 is 0 Å². The van der Waals surface area contributed by atoms with E-state index in [0.717, 1.165) is 59.4 Å². The van der Waals surface area contributed by atoms with Crippen LogP contribution < -0.4 is 10.6 Å². The van der Waals surface area contributed by atoms with Gasteiger partial charge in [0.1, 0.15) is 5.52 Å². The van der Waals surface area contributed by atoms with Crippen LogP contribution in [0.5, 0.6) is 0 Å². The first-order valence-electron chi connectivity index (χ1n) is 10.7. The van der Waals surface area contributed by atoms with E-state index in [1.807, 2.05) is 48.5 Å². The second-order valence-electron chi connectivity index (χ2n) is 7.82. The molecule has 2 heterocycles. The van der Waals surface area contributed by atoms with E-state index in [1.54, 1.807) is 12.1 Å². The number of oxazole rings is 1. The lowest BCUT2D eigenvalue weighted by Gasteiger charge is -2.27. The van der Waals surface area contributed by atoms with Crippen molar-refractivity contribution in [2.24, 2.45) is 0 Å². The summed E-state index contributed by atoms with van der Waals surface area (Å²) in [6, 6.07) is 20.9. The molecule has 0 aliphatic carbocycles. The quantitative estimate of drug-likeness (QED) is 0.367. The summed E-state index contributed by atoms with van der Waals surface area (Å²) < 4.78 is 6.99. The number of para-hydroxylation sites is 2. The van der Waals surface area contributed by atoms with Crippen LogP contribution in [0.1, 0.15) is 15.9 Å². The lowest BCUT2D eigenvalue weighted by molar-refractivity contribution is 0.102. The molecule has 4 aromatic rings. The van der Waals surface area contributed by atoms with Gasteiger partial charge in [0.15, 0.2) is 5.58 Å². The smallest absolute Gasteiger partial charge is 0.255 e. The number of amides is 1. The number of nitrogens with one attached hydrogen (secondary N) is 2. The summed E-state index contributed by atoms with van der Waals surface area (Å²) >= 11 is 3.42. The molecular formula is C25H24BrClN4O2. The highest BCUT2D eigenvalue weighted by Gasteiger charge is 2.18. The van der Waals surface area contributed by atoms with Gasteiger partial charge in [-0.2, -0.15) is 0 Å². The molecule has 1 aliphatic heterocycles. The zero-order chi connectivity index (χ0) is 21.9. The molecule has 1 saturated heterocycles. The Morgan fingerprint density at radius 3 is 2.67 bits per heavy atom. The zero-order valence-electron chi connectivity index (χ0n) is 17.9. The monoisotopic (exact) mass is 526 g/mol. The van der Waals surface area contributed by atoms with Gasteiger partial charge in [-0.1, -0.05) is 46.3 Å². The first kappa shape index (κ1) is 23.4. The van der Waals surface area contributed by atoms with Crippen molar-refractivity contribution in [1.82, 2.24) is 15.2 Å². The summed E-state index contributed by atoms with van der Waals surface area (Å²) in [7, 11) is 0. The molecule has 6 nitrogen and oxygen atoms in total. The predicted octanol–water partition coefficient (Wildman–Crippen LogP) is 5.34. The fourth-order valence-corrected chi connectivity index (χ4v) is 4.36. The van der Waals surface area contributed by atoms with Crippen molar-refractivity contribution in [3.63, 3.8) is 0 Å². The lowest BCUT2D eigenvalue weighted by atomic mass is 10.1. The number of rotatable bonds is 5. The van der Waals surface area contributed by atoms with Crippen molar-refractivity contribution in [1.29, 1.82) is 0 Å². The summed E-state index contributed by atoms with van der Waals surface area (Å²) in [5, 5.41) is 6.39. The Kier molecular flexibility index (Phi) is 7.45. The number of anilines is 1. The summed E-state index contributed by atoms with van der Waals surface area (Å²) in [4.78, 5) is 20.1. The van der Waals surface area contributed by atoms with E-state index in [0.29, 0.717) is 17.1 Å². The normalized spacial score (nSPS) is 14.1. The molecule has 1 aromatic heterocycles. The number of hydrogen-bond acceptors (Lipinski definition) is 5. The van der Waals surface area contributed by atoms with E-state index in [4.69, 9.17) is 9.40 Å². The average Bonchev–Trinajstić information content (AvgIpc) is 3.25. The molecule has 0 unspecified atom stereocenters. The van der Waals surface area contributed by atoms with Gasteiger partial charge in [0, 0.05) is 42.8 Å². The minimum absolute atomic E-state index is 0. The number of hydrogen-bond donors (Lipinski definition) is 2. The van der Waals surface area contributed by atoms with E-state index in [1.165, 1.54) is 0 Å². The fraction of sp³-hybridized carbons (Fsp3) is 0.200. The fourth-order valence-electron chi connectivity index (χ4n) is 3.96. The number of aromatic nitrogens is 1. The molecule has 170 valence electrons. The predicted molar refractivity (Wildman–Crippen MR) is 137 cm³/mol. The third-order valence-corrected chi connectivity index (χ3v) is 6.09. The Labute approximate surface area is 206 Å². The lowest BCUT2D eigenvalue weighted by Crippen LogP contribution is -2.42. The Morgan fingerprint density at radius 2 is 1.85 bits per heavy atom. The molecule has 8 heteroatoms. The number of halogens is 2. The molecule has 1 amide bonds. The van der Waals surface area contributed by atoms with Crippen LogP contribution in [-0.2, 0) is 6.54 Å². The van der Waals surface area contributed by atoms with E-state index in [-0.39, 0.29) is 18.3 Å². The molecule has 1 fully saturated rings. The number of piperazine rings is 1. The standard InChI is InChI=1S/C25H23BrN4O2.ClH/c26-19-7-3-5-17(15-19)24(31)28-21-9-2-1-8-20(21)25-29-23-18(6-4-10-22(23)32-25)16-30-13-11-27-12-14-30;/h1-10,15,27H,11-14,16H2,(H,28,31);1H. The maximum atomic E-state index is 12.8. The van der Waals surface area contributed by atoms with Crippen LogP contribution in [0.4, 0.5) is 5.69 Å². The second kappa shape index (κ2) is 10.5. The van der Waals surface area contributed by atoms with E-state index in [9.17, 15) is 4.79 Å². The first-order valence-corrected chi connectivity index (χ1v) is 11.4. The van der Waals surface area contributed by atoms with Crippen molar-refractivity contribution in [3.05, 3.63) is 82.3 Å². The van der Waals surface area contributed by atoms with Gasteiger partial charge in [0.25, 0.3) is 5.91 Å². The Hall–Kier alpha value is -2.71. The van der Waals surface area contributed by atoms with Crippen LogP contribution in [0.2, 0.25) is 0 Å². The molecule has 33 heavy (non-hydrogen) atoms. The summed E-state index contributed by atoms with van der Waals surface area (Å²) in [5.41, 5.74) is 4.75. The number of fused-ring (bicyclic) bond motifs is 1. The maximum absolute atomic E-state index is 12.8. The Balaban J connectivity index is 0.00000259. The van der Waals surface area contributed by atoms with Gasteiger partial charge in [-0.15, -0.1) is 12.4 Å². The van der Waals surface area contributed by atoms with Crippen LogP contribution in [0, 0.1) is 0 Å². The molecule has 3 aromatic carbocycles. The van der Waals surface area contributed by atoms with Crippen LogP contribution in [-0.4, -0.2) is 42.0 Å². The minimum Gasteiger partial charge on any atom is -0.436 e. The Bertz CT molecular complexity index is 1270. The number of carbonyl (C=O) groups is 1. The second-order valence-corrected chi connectivity index (χ2v) is 8.73. The largest absolute Gasteiger partial charge is 0.436 e. The summed E-state index contributed by atoms with van der Waals surface area (Å²) in [6.07, 6.45) is 0. The average molecular weight is 528 g/mol. The van der Waals surface area contributed by atoms with Crippen molar-refractivity contribution in [3.8, 4) is 11.5 Å². The summed E-state index contributed by atoms with van der Waals surface area (Å²) in [6.45, 7) is 4.89. The molecule has 5 rings (SSSR count). The van der Waals surface area contributed by atoms with Gasteiger partial charge in [0.2, 0.25) is 5.89 Å². The highest BCUT2D eigenvalue weighted by molar-refractivity contribution is 9.10. The van der Waals surface area contributed by atoms with Gasteiger partial charge < -0.3 is 15.1 Å². The molecule has 1 aliphatic rings. The number of carbonyl (C=O) groups excluding carboxylic acids is 1. The van der Waals surface area contributed by atoms with Gasteiger partial charge in [0.05, 0.1) is 11.3 Å². The van der Waals surface area contributed by atoms with Gasteiger partial charge in [-0.05, 0) is 42.0 Å². The van der Waals surface area contributed by atoms with Crippen molar-refractivity contribution in [2.75, 3.05) is 31.5 Å². The van der Waals surface area contributed by atoms with E-state index in [2.05, 4.69) is 37.5 Å². The number of benzene rings is 3. The van der Waals surface area contributed by atoms with Gasteiger partial charge in [-0.25, -0.2) is 4.98 Å². The summed E-state index contributed by atoms with van der Waals surface area (Å²) in [5.74, 6) is 0.312. The van der Waals surface area contributed by atoms with Gasteiger partial charge >= 0.3 is 0 Å². The van der Waals surface area contributed by atoms with Crippen LogP contribution >= 0.6 is 28.3 Å². The molecule has 0 radical (unpaired) electrons. The number of nitrogens with zero attached hydrogens (tertiary/aromatic N) is 2. The third kappa shape index (κ3) is 5.28. The SMILES string of the molecule is Cl.O=C(Nc1ccccc1-c1nc2c(CN3CCNCC3)cccc2o1)c1cccc(Br)c1. The molecular weight excluding hydrogens is 504 g/mol. The van der Waals surface area contributed by atoms with Crippen molar-refractivity contribution >= 4 is 51.0 Å². The van der Waals surface area contributed by atoms with Crippen LogP contribution in [0.3, 0.4) is 0 Å². The maximum Gasteiger partial charge on any atom is 0.255 e. The minimum atomic E-state index is -0.186. The highest BCUT2D eigenvalue weighted by Crippen LogP contribution is 2.32. The van der Waals surface area contributed by atoms with Gasteiger partial charge in [-0.3, -0.25) is 9.69 Å². The highest BCUT2D eigenvalue weighted by atomic mass is 79.9. The van der Waals surface area contributed by atoms with Crippen molar-refractivity contribution < 1.29 is 9.21 Å². The van der Waals surface area contributed by atoms with E-state index >= 15 is 0 Å². The van der Waals surface area contributed by atoms with Crippen LogP contribution in [0.15, 0.2) is 75.6 Å².